The third kappa shape index (κ3) is 3.09. The number of terminal acetylenes is 1. The summed E-state index contributed by atoms with van der Waals surface area (Å²) in [6, 6.07) is 0.150. The fourth-order valence-electron chi connectivity index (χ4n) is 1.76. The summed E-state index contributed by atoms with van der Waals surface area (Å²) in [6.07, 6.45) is 8.88. The molecule has 0 radical (unpaired) electrons. The molecular weight excluding hydrogens is 200 g/mol. The first-order valence-corrected chi connectivity index (χ1v) is 5.62. The molecule has 0 fully saturated rings. The maximum absolute atomic E-state index is 5.77. The summed E-state index contributed by atoms with van der Waals surface area (Å²) in [6.45, 7) is 3.44. The molecule has 1 unspecified atom stereocenters. The first-order chi connectivity index (χ1) is 7.72. The van der Waals surface area contributed by atoms with Crippen molar-refractivity contribution in [3.8, 4) is 12.3 Å². The standard InChI is InChI=1S/C12H20N4/c1-4-6-7-14-12(8-13)10-9-16(3)15-11(10)5-2/h1,9,12,14H,5-8,13H2,2-3H3. The summed E-state index contributed by atoms with van der Waals surface area (Å²) in [5, 5.41) is 7.76. The minimum atomic E-state index is 0.150. The van der Waals surface area contributed by atoms with Crippen molar-refractivity contribution in [2.24, 2.45) is 12.8 Å². The van der Waals surface area contributed by atoms with E-state index in [0.717, 1.165) is 25.1 Å². The molecule has 1 rings (SSSR count). The molecule has 3 N–H and O–H groups in total. The van der Waals surface area contributed by atoms with Gasteiger partial charge in [0.25, 0.3) is 0 Å². The van der Waals surface area contributed by atoms with Crippen molar-refractivity contribution in [2.45, 2.75) is 25.8 Å². The van der Waals surface area contributed by atoms with Gasteiger partial charge in [-0.05, 0) is 6.42 Å². The highest BCUT2D eigenvalue weighted by Crippen LogP contribution is 2.16. The van der Waals surface area contributed by atoms with Crippen LogP contribution in [0.4, 0.5) is 0 Å². The molecule has 1 aromatic rings. The van der Waals surface area contributed by atoms with Gasteiger partial charge in [-0.25, -0.2) is 0 Å². The van der Waals surface area contributed by atoms with Crippen LogP contribution in [0.2, 0.25) is 0 Å². The second-order valence-electron chi connectivity index (χ2n) is 3.75. The van der Waals surface area contributed by atoms with E-state index in [1.807, 2.05) is 17.9 Å². The SMILES string of the molecule is C#CCCNC(CN)c1cn(C)nc1CC. The number of aryl methyl sites for hydroxylation is 2. The molecule has 1 aromatic heterocycles. The number of aromatic nitrogens is 2. The molecule has 0 amide bonds. The second-order valence-corrected chi connectivity index (χ2v) is 3.75. The van der Waals surface area contributed by atoms with Crippen LogP contribution in [0.25, 0.3) is 0 Å². The first kappa shape index (κ1) is 12.8. The molecule has 0 bridgehead atoms. The third-order valence-corrected chi connectivity index (χ3v) is 2.54. The Kier molecular flexibility index (Phi) is 5.03. The second kappa shape index (κ2) is 6.31. The van der Waals surface area contributed by atoms with Gasteiger partial charge < -0.3 is 11.1 Å². The normalized spacial score (nSPS) is 12.4. The van der Waals surface area contributed by atoms with Crippen molar-refractivity contribution < 1.29 is 0 Å². The summed E-state index contributed by atoms with van der Waals surface area (Å²) in [5.41, 5.74) is 8.06. The minimum Gasteiger partial charge on any atom is -0.329 e. The van der Waals surface area contributed by atoms with Crippen LogP contribution in [0.5, 0.6) is 0 Å². The van der Waals surface area contributed by atoms with E-state index in [9.17, 15) is 0 Å². The monoisotopic (exact) mass is 220 g/mol. The van der Waals surface area contributed by atoms with Gasteiger partial charge in [-0.2, -0.15) is 5.10 Å². The molecule has 1 heterocycles. The number of nitrogens with two attached hydrogens (primary N) is 1. The average molecular weight is 220 g/mol. The highest BCUT2D eigenvalue weighted by atomic mass is 15.3. The highest BCUT2D eigenvalue weighted by molar-refractivity contribution is 5.21. The Morgan fingerprint density at radius 2 is 2.44 bits per heavy atom. The summed E-state index contributed by atoms with van der Waals surface area (Å²) in [7, 11) is 1.93. The molecule has 4 nitrogen and oxygen atoms in total. The molecular formula is C12H20N4. The van der Waals surface area contributed by atoms with Gasteiger partial charge in [0.1, 0.15) is 0 Å². The van der Waals surface area contributed by atoms with Gasteiger partial charge in [-0.3, -0.25) is 4.68 Å². The first-order valence-electron chi connectivity index (χ1n) is 5.62. The average Bonchev–Trinajstić information content (AvgIpc) is 2.66. The van der Waals surface area contributed by atoms with Gasteiger partial charge in [0.05, 0.1) is 5.69 Å². The predicted octanol–water partition coefficient (Wildman–Crippen LogP) is 0.595. The van der Waals surface area contributed by atoms with E-state index in [0.29, 0.717) is 6.54 Å². The van der Waals surface area contributed by atoms with E-state index in [-0.39, 0.29) is 6.04 Å². The lowest BCUT2D eigenvalue weighted by Crippen LogP contribution is -2.29. The van der Waals surface area contributed by atoms with E-state index in [1.165, 1.54) is 5.56 Å². The van der Waals surface area contributed by atoms with Gasteiger partial charge in [0.15, 0.2) is 0 Å². The van der Waals surface area contributed by atoms with Crippen LogP contribution in [-0.4, -0.2) is 22.9 Å². The summed E-state index contributed by atoms with van der Waals surface area (Å²) in [5.74, 6) is 2.61. The van der Waals surface area contributed by atoms with Gasteiger partial charge in [-0.1, -0.05) is 6.92 Å². The van der Waals surface area contributed by atoms with Crippen LogP contribution in [0.1, 0.15) is 30.6 Å². The zero-order chi connectivity index (χ0) is 12.0. The fraction of sp³-hybridized carbons (Fsp3) is 0.583. The van der Waals surface area contributed by atoms with E-state index < -0.39 is 0 Å². The molecule has 0 aliphatic heterocycles. The maximum Gasteiger partial charge on any atom is 0.0670 e. The van der Waals surface area contributed by atoms with E-state index in [2.05, 4.69) is 23.3 Å². The van der Waals surface area contributed by atoms with Crippen molar-refractivity contribution in [1.29, 1.82) is 0 Å². The molecule has 0 aliphatic rings. The molecule has 0 saturated carbocycles. The van der Waals surface area contributed by atoms with Crippen molar-refractivity contribution in [3.05, 3.63) is 17.5 Å². The molecule has 1 atom stereocenters. The van der Waals surface area contributed by atoms with Gasteiger partial charge in [0, 0.05) is 44.4 Å². The zero-order valence-electron chi connectivity index (χ0n) is 10.0. The van der Waals surface area contributed by atoms with Crippen molar-refractivity contribution >= 4 is 0 Å². The number of hydrogen-bond donors (Lipinski definition) is 2. The van der Waals surface area contributed by atoms with Gasteiger partial charge in [0.2, 0.25) is 0 Å². The Balaban J connectivity index is 2.74. The zero-order valence-corrected chi connectivity index (χ0v) is 10.0. The minimum absolute atomic E-state index is 0.150. The summed E-state index contributed by atoms with van der Waals surface area (Å²) in [4.78, 5) is 0. The van der Waals surface area contributed by atoms with Crippen LogP contribution in [0, 0.1) is 12.3 Å². The number of nitrogens with one attached hydrogen (secondary N) is 1. The Morgan fingerprint density at radius 1 is 1.69 bits per heavy atom. The lowest BCUT2D eigenvalue weighted by atomic mass is 10.1. The van der Waals surface area contributed by atoms with Crippen LogP contribution < -0.4 is 11.1 Å². The predicted molar refractivity (Wildman–Crippen MR) is 65.8 cm³/mol. The quantitative estimate of drug-likeness (QED) is 0.545. The summed E-state index contributed by atoms with van der Waals surface area (Å²) < 4.78 is 1.83. The number of nitrogens with zero attached hydrogens (tertiary/aromatic N) is 2. The number of rotatable bonds is 6. The van der Waals surface area contributed by atoms with Crippen LogP contribution in [-0.2, 0) is 13.5 Å². The fourth-order valence-corrected chi connectivity index (χ4v) is 1.76. The molecule has 88 valence electrons. The van der Waals surface area contributed by atoms with Crippen LogP contribution >= 0.6 is 0 Å². The topological polar surface area (TPSA) is 55.9 Å². The lowest BCUT2D eigenvalue weighted by Gasteiger charge is -2.15. The Bertz CT molecular complexity index is 362. The lowest BCUT2D eigenvalue weighted by molar-refractivity contribution is 0.547. The Labute approximate surface area is 97.2 Å². The molecule has 0 aliphatic carbocycles. The highest BCUT2D eigenvalue weighted by Gasteiger charge is 2.15. The van der Waals surface area contributed by atoms with Crippen molar-refractivity contribution in [3.63, 3.8) is 0 Å². The molecule has 4 heteroatoms. The Morgan fingerprint density at radius 3 is 3.00 bits per heavy atom. The van der Waals surface area contributed by atoms with Crippen molar-refractivity contribution in [1.82, 2.24) is 15.1 Å². The van der Waals surface area contributed by atoms with Gasteiger partial charge in [-0.15, -0.1) is 12.3 Å². The van der Waals surface area contributed by atoms with E-state index >= 15 is 0 Å². The number of hydrogen-bond acceptors (Lipinski definition) is 3. The third-order valence-electron chi connectivity index (χ3n) is 2.54. The van der Waals surface area contributed by atoms with E-state index in [4.69, 9.17) is 12.2 Å². The van der Waals surface area contributed by atoms with Crippen LogP contribution in [0.3, 0.4) is 0 Å². The molecule has 0 spiro atoms. The maximum atomic E-state index is 5.77. The Hall–Kier alpha value is -1.31. The van der Waals surface area contributed by atoms with E-state index in [1.54, 1.807) is 0 Å². The summed E-state index contributed by atoms with van der Waals surface area (Å²) >= 11 is 0. The van der Waals surface area contributed by atoms with Gasteiger partial charge >= 0.3 is 0 Å². The van der Waals surface area contributed by atoms with Crippen LogP contribution in [0.15, 0.2) is 6.20 Å². The molecule has 0 aromatic carbocycles. The molecule has 0 saturated heterocycles. The molecule has 16 heavy (non-hydrogen) atoms. The smallest absolute Gasteiger partial charge is 0.0670 e. The van der Waals surface area contributed by atoms with Crippen molar-refractivity contribution in [2.75, 3.05) is 13.1 Å². The largest absolute Gasteiger partial charge is 0.329 e.